The quantitative estimate of drug-likeness (QED) is 0.533. The average Bonchev–Trinajstić information content (AvgIpc) is 3.33. The van der Waals surface area contributed by atoms with Crippen LogP contribution in [0.4, 0.5) is 0 Å². The summed E-state index contributed by atoms with van der Waals surface area (Å²) in [5.74, 6) is 1.29. The van der Waals surface area contributed by atoms with Crippen LogP contribution in [0.5, 0.6) is 23.0 Å². The van der Waals surface area contributed by atoms with Crippen molar-refractivity contribution in [2.24, 2.45) is 0 Å². The summed E-state index contributed by atoms with van der Waals surface area (Å²) in [6.45, 7) is 3.66. The van der Waals surface area contributed by atoms with E-state index < -0.39 is 17.6 Å². The maximum absolute atomic E-state index is 12.3. The molecule has 8 heteroatoms. The molecule has 5 rings (SSSR count). The van der Waals surface area contributed by atoms with Crippen LogP contribution in [0.1, 0.15) is 42.2 Å². The largest absolute Gasteiger partial charge is 0.493 e. The predicted molar refractivity (Wildman–Crippen MR) is 113 cm³/mol. The van der Waals surface area contributed by atoms with Crippen LogP contribution >= 0.6 is 0 Å². The van der Waals surface area contributed by atoms with Gasteiger partial charge >= 0.3 is 11.9 Å². The highest BCUT2D eigenvalue weighted by Gasteiger charge is 2.56. The summed E-state index contributed by atoms with van der Waals surface area (Å²) < 4.78 is 28.4. The van der Waals surface area contributed by atoms with Crippen molar-refractivity contribution >= 4 is 11.9 Å². The average molecular weight is 439 g/mol. The molecule has 168 valence electrons. The molecule has 3 aliphatic rings. The number of hydrogen-bond donors (Lipinski definition) is 0. The number of hydrogen-bond acceptors (Lipinski definition) is 8. The molecule has 2 unspecified atom stereocenters. The van der Waals surface area contributed by atoms with Crippen molar-refractivity contribution in [1.29, 1.82) is 0 Å². The first-order valence-corrected chi connectivity index (χ1v) is 10.5. The molecule has 32 heavy (non-hydrogen) atoms. The third kappa shape index (κ3) is 2.93. The minimum atomic E-state index is -0.691. The van der Waals surface area contributed by atoms with Crippen molar-refractivity contribution in [3.63, 3.8) is 0 Å². The van der Waals surface area contributed by atoms with Crippen molar-refractivity contribution in [2.45, 2.75) is 38.3 Å². The van der Waals surface area contributed by atoms with E-state index in [-0.39, 0.29) is 12.8 Å². The molecule has 2 aliphatic heterocycles. The summed E-state index contributed by atoms with van der Waals surface area (Å²) >= 11 is 0. The van der Waals surface area contributed by atoms with Gasteiger partial charge in [-0.05, 0) is 54.8 Å². The van der Waals surface area contributed by atoms with Crippen LogP contribution in [0.2, 0.25) is 0 Å². The Morgan fingerprint density at radius 3 is 2.62 bits per heavy atom. The number of carbonyl (C=O) groups is 2. The van der Waals surface area contributed by atoms with Gasteiger partial charge in [0, 0.05) is 26.0 Å². The van der Waals surface area contributed by atoms with E-state index in [1.165, 1.54) is 13.8 Å². The monoisotopic (exact) mass is 439 g/mol. The van der Waals surface area contributed by atoms with Crippen LogP contribution in [-0.2, 0) is 32.7 Å². The van der Waals surface area contributed by atoms with Gasteiger partial charge in [-0.3, -0.25) is 14.5 Å². The lowest BCUT2D eigenvalue weighted by molar-refractivity contribution is -0.156. The van der Waals surface area contributed by atoms with Gasteiger partial charge < -0.3 is 23.7 Å². The Kier molecular flexibility index (Phi) is 4.78. The molecule has 1 spiro atoms. The summed E-state index contributed by atoms with van der Waals surface area (Å²) in [7, 11) is 3.58. The number of esters is 2. The maximum Gasteiger partial charge on any atom is 0.308 e. The number of fused-ring (bicyclic) bond motifs is 5. The number of ether oxygens (including phenoxy) is 5. The SMILES string of the molecule is COc1cc2c(cc1OC(C)=O)C1(Cc3ccc4c(c3C1OC(C)=O)OCO4)N(C)CC2. The van der Waals surface area contributed by atoms with Crippen LogP contribution in [0.25, 0.3) is 0 Å². The first kappa shape index (κ1) is 20.6. The van der Waals surface area contributed by atoms with E-state index in [1.807, 2.05) is 31.3 Å². The molecule has 2 heterocycles. The van der Waals surface area contributed by atoms with Crippen molar-refractivity contribution in [1.82, 2.24) is 4.90 Å². The molecule has 2 aromatic carbocycles. The lowest BCUT2D eigenvalue weighted by Crippen LogP contribution is -2.52. The van der Waals surface area contributed by atoms with E-state index in [9.17, 15) is 9.59 Å². The number of methoxy groups -OCH3 is 1. The Bertz CT molecular complexity index is 1130. The number of nitrogens with zero attached hydrogens (tertiary/aromatic N) is 1. The maximum atomic E-state index is 12.3. The third-order valence-corrected chi connectivity index (χ3v) is 6.61. The molecule has 2 aromatic rings. The lowest BCUT2D eigenvalue weighted by Gasteiger charge is -2.47. The normalized spacial score (nSPS) is 22.9. The summed E-state index contributed by atoms with van der Waals surface area (Å²) in [4.78, 5) is 26.2. The Balaban J connectivity index is 1.74. The molecule has 0 bridgehead atoms. The van der Waals surface area contributed by atoms with Crippen LogP contribution < -0.4 is 18.9 Å². The lowest BCUT2D eigenvalue weighted by atomic mass is 9.76. The highest BCUT2D eigenvalue weighted by molar-refractivity contribution is 5.72. The van der Waals surface area contributed by atoms with Crippen molar-refractivity contribution in [3.8, 4) is 23.0 Å². The van der Waals surface area contributed by atoms with E-state index in [0.717, 1.165) is 35.2 Å². The van der Waals surface area contributed by atoms with Gasteiger partial charge in [-0.15, -0.1) is 0 Å². The number of benzene rings is 2. The molecule has 0 N–H and O–H groups in total. The number of carbonyl (C=O) groups excluding carboxylic acids is 2. The van der Waals surface area contributed by atoms with Gasteiger partial charge in [0.1, 0.15) is 0 Å². The molecular weight excluding hydrogens is 414 g/mol. The molecule has 8 nitrogen and oxygen atoms in total. The molecule has 1 aliphatic carbocycles. The van der Waals surface area contributed by atoms with E-state index in [2.05, 4.69) is 4.90 Å². The zero-order chi connectivity index (χ0) is 22.6. The fourth-order valence-electron chi connectivity index (χ4n) is 5.29. The molecular formula is C24H25NO7. The van der Waals surface area contributed by atoms with Gasteiger partial charge in [0.25, 0.3) is 0 Å². The Morgan fingerprint density at radius 1 is 1.09 bits per heavy atom. The molecule has 2 atom stereocenters. The molecule has 0 radical (unpaired) electrons. The van der Waals surface area contributed by atoms with Gasteiger partial charge in [-0.1, -0.05) is 6.07 Å². The van der Waals surface area contributed by atoms with Gasteiger partial charge in [0.2, 0.25) is 6.79 Å². The molecule has 0 fully saturated rings. The van der Waals surface area contributed by atoms with E-state index in [4.69, 9.17) is 23.7 Å². The smallest absolute Gasteiger partial charge is 0.308 e. The van der Waals surface area contributed by atoms with Crippen LogP contribution in [0, 0.1) is 0 Å². The fourth-order valence-corrected chi connectivity index (χ4v) is 5.29. The molecule has 0 saturated heterocycles. The van der Waals surface area contributed by atoms with E-state index in [0.29, 0.717) is 29.4 Å². The standard InChI is InChI=1S/C24H25NO7/c1-13(26)31-20-10-17-15(9-19(20)28-4)7-8-25(3)24(17)11-16-5-6-18-22(30-12-29-18)21(16)23(24)32-14(2)27/h5-6,9-10,23H,7-8,11-12H2,1-4H3. The molecule has 0 amide bonds. The van der Waals surface area contributed by atoms with Gasteiger partial charge in [-0.2, -0.15) is 0 Å². The summed E-state index contributed by atoms with van der Waals surface area (Å²) in [5, 5.41) is 0. The van der Waals surface area contributed by atoms with Gasteiger partial charge in [0.05, 0.1) is 12.6 Å². The van der Waals surface area contributed by atoms with E-state index in [1.54, 1.807) is 7.11 Å². The first-order valence-electron chi connectivity index (χ1n) is 10.5. The second-order valence-corrected chi connectivity index (χ2v) is 8.39. The van der Waals surface area contributed by atoms with Crippen LogP contribution in [0.15, 0.2) is 24.3 Å². The predicted octanol–water partition coefficient (Wildman–Crippen LogP) is 2.89. The minimum absolute atomic E-state index is 0.131. The van der Waals surface area contributed by atoms with Gasteiger partial charge in [0.15, 0.2) is 29.1 Å². The molecule has 0 saturated carbocycles. The van der Waals surface area contributed by atoms with Crippen LogP contribution in [0.3, 0.4) is 0 Å². The number of rotatable bonds is 3. The topological polar surface area (TPSA) is 83.5 Å². The second-order valence-electron chi connectivity index (χ2n) is 8.39. The molecule has 0 aromatic heterocycles. The summed E-state index contributed by atoms with van der Waals surface area (Å²) in [6.07, 6.45) is 0.770. The van der Waals surface area contributed by atoms with Crippen LogP contribution in [-0.4, -0.2) is 44.3 Å². The summed E-state index contributed by atoms with van der Waals surface area (Å²) in [5.41, 5.74) is 3.18. The summed E-state index contributed by atoms with van der Waals surface area (Å²) in [6, 6.07) is 7.67. The highest BCUT2D eigenvalue weighted by atomic mass is 16.7. The Labute approximate surface area is 186 Å². The Hall–Kier alpha value is -3.26. The second kappa shape index (κ2) is 7.41. The zero-order valence-corrected chi connectivity index (χ0v) is 18.5. The van der Waals surface area contributed by atoms with Crippen molar-refractivity contribution < 1.29 is 33.3 Å². The highest BCUT2D eigenvalue weighted by Crippen LogP contribution is 2.59. The first-order chi connectivity index (χ1) is 15.3. The minimum Gasteiger partial charge on any atom is -0.493 e. The van der Waals surface area contributed by atoms with Crippen molar-refractivity contribution in [2.75, 3.05) is 27.5 Å². The Morgan fingerprint density at radius 2 is 1.91 bits per heavy atom. The van der Waals surface area contributed by atoms with E-state index >= 15 is 0 Å². The van der Waals surface area contributed by atoms with Crippen molar-refractivity contribution in [3.05, 3.63) is 46.5 Å². The third-order valence-electron chi connectivity index (χ3n) is 6.61. The fraction of sp³-hybridized carbons (Fsp3) is 0.417. The van der Waals surface area contributed by atoms with Gasteiger partial charge in [-0.25, -0.2) is 0 Å². The number of likely N-dealkylation sites (N-methyl/N-ethyl adjacent to an activating group) is 1. The zero-order valence-electron chi connectivity index (χ0n) is 18.5.